The highest BCUT2D eigenvalue weighted by molar-refractivity contribution is 4.87. The lowest BCUT2D eigenvalue weighted by molar-refractivity contribution is -0.189. The van der Waals surface area contributed by atoms with Crippen molar-refractivity contribution in [3.05, 3.63) is 0 Å². The zero-order valence-electron chi connectivity index (χ0n) is 11.5. The quantitative estimate of drug-likeness (QED) is 0.736. The van der Waals surface area contributed by atoms with Gasteiger partial charge in [-0.2, -0.15) is 13.2 Å². The second kappa shape index (κ2) is 7.37. The molecule has 1 rings (SSSR count). The van der Waals surface area contributed by atoms with E-state index < -0.39 is 12.1 Å². The number of nitrogens with one attached hydrogen (secondary N) is 1. The summed E-state index contributed by atoms with van der Waals surface area (Å²) in [6.45, 7) is 4.18. The Morgan fingerprint density at radius 1 is 1.06 bits per heavy atom. The molecule has 0 aromatic rings. The van der Waals surface area contributed by atoms with E-state index in [0.29, 0.717) is 19.3 Å². The largest absolute Gasteiger partial charge is 0.393 e. The first kappa shape index (κ1) is 15.8. The van der Waals surface area contributed by atoms with Gasteiger partial charge in [0.05, 0.1) is 5.92 Å². The number of hydrogen-bond donors (Lipinski definition) is 1. The van der Waals surface area contributed by atoms with Crippen molar-refractivity contribution in [1.82, 2.24) is 5.32 Å². The summed E-state index contributed by atoms with van der Waals surface area (Å²) in [5.74, 6) is -1.14. The fraction of sp³-hybridized carbons (Fsp3) is 1.00. The van der Waals surface area contributed by atoms with Crippen molar-refractivity contribution in [3.8, 4) is 0 Å². The average molecular weight is 265 g/mol. The molecule has 0 spiro atoms. The normalized spacial score (nSPS) is 25.7. The van der Waals surface area contributed by atoms with Gasteiger partial charge in [-0.05, 0) is 25.7 Å². The van der Waals surface area contributed by atoms with E-state index in [1.165, 1.54) is 0 Å². The molecular formula is C14H26F3N. The van der Waals surface area contributed by atoms with E-state index in [1.807, 2.05) is 0 Å². The zero-order valence-corrected chi connectivity index (χ0v) is 11.5. The Morgan fingerprint density at radius 2 is 1.61 bits per heavy atom. The monoisotopic (exact) mass is 265 g/mol. The van der Waals surface area contributed by atoms with Crippen LogP contribution in [0, 0.1) is 5.92 Å². The average Bonchev–Trinajstić information content (AvgIpc) is 2.29. The second-order valence-electron chi connectivity index (χ2n) is 5.48. The van der Waals surface area contributed by atoms with E-state index >= 15 is 0 Å². The van der Waals surface area contributed by atoms with Gasteiger partial charge in [-0.1, -0.05) is 39.5 Å². The van der Waals surface area contributed by atoms with Crippen LogP contribution in [0.25, 0.3) is 0 Å². The van der Waals surface area contributed by atoms with Gasteiger partial charge < -0.3 is 5.32 Å². The summed E-state index contributed by atoms with van der Waals surface area (Å²) in [7, 11) is 0. The predicted octanol–water partition coefficient (Wildman–Crippen LogP) is 4.67. The first-order chi connectivity index (χ1) is 8.49. The molecule has 0 aromatic heterocycles. The maximum Gasteiger partial charge on any atom is 0.393 e. The second-order valence-corrected chi connectivity index (χ2v) is 5.48. The van der Waals surface area contributed by atoms with Crippen LogP contribution in [0.3, 0.4) is 0 Å². The minimum Gasteiger partial charge on any atom is -0.311 e. The molecule has 18 heavy (non-hydrogen) atoms. The minimum atomic E-state index is -4.04. The van der Waals surface area contributed by atoms with E-state index in [0.717, 1.165) is 32.1 Å². The summed E-state index contributed by atoms with van der Waals surface area (Å²) in [6, 6.07) is -0.102. The molecule has 1 N–H and O–H groups in total. The van der Waals surface area contributed by atoms with Gasteiger partial charge in [0.2, 0.25) is 0 Å². The minimum absolute atomic E-state index is 0.257. The summed E-state index contributed by atoms with van der Waals surface area (Å²) < 4.78 is 38.9. The highest BCUT2D eigenvalue weighted by Crippen LogP contribution is 2.38. The van der Waals surface area contributed by atoms with Crippen molar-refractivity contribution in [2.45, 2.75) is 83.5 Å². The molecule has 0 amide bonds. The van der Waals surface area contributed by atoms with Crippen LogP contribution in [0.1, 0.15) is 65.2 Å². The number of alkyl halides is 3. The summed E-state index contributed by atoms with van der Waals surface area (Å²) in [5.41, 5.74) is 0. The van der Waals surface area contributed by atoms with Gasteiger partial charge in [0.1, 0.15) is 0 Å². The first-order valence-corrected chi connectivity index (χ1v) is 7.31. The van der Waals surface area contributed by atoms with Crippen LogP contribution in [0.5, 0.6) is 0 Å². The van der Waals surface area contributed by atoms with Crippen LogP contribution < -0.4 is 5.32 Å². The number of halogens is 3. The van der Waals surface area contributed by atoms with Gasteiger partial charge in [0, 0.05) is 12.1 Å². The molecule has 0 aromatic carbocycles. The van der Waals surface area contributed by atoms with Crippen LogP contribution in [0.15, 0.2) is 0 Å². The van der Waals surface area contributed by atoms with Crippen LogP contribution in [-0.4, -0.2) is 18.3 Å². The third-order valence-corrected chi connectivity index (χ3v) is 3.91. The van der Waals surface area contributed by atoms with Gasteiger partial charge in [-0.25, -0.2) is 0 Å². The van der Waals surface area contributed by atoms with E-state index in [2.05, 4.69) is 19.2 Å². The molecule has 1 aliphatic rings. The Balaban J connectivity index is 2.59. The molecule has 1 aliphatic carbocycles. The molecule has 0 radical (unpaired) electrons. The van der Waals surface area contributed by atoms with E-state index in [1.54, 1.807) is 0 Å². The molecular weight excluding hydrogens is 239 g/mol. The lowest BCUT2D eigenvalue weighted by atomic mass is 9.83. The smallest absolute Gasteiger partial charge is 0.311 e. The lowest BCUT2D eigenvalue weighted by Crippen LogP contribution is -2.49. The van der Waals surface area contributed by atoms with Crippen LogP contribution in [0.4, 0.5) is 13.2 Å². The van der Waals surface area contributed by atoms with Crippen molar-refractivity contribution in [3.63, 3.8) is 0 Å². The van der Waals surface area contributed by atoms with Crippen molar-refractivity contribution < 1.29 is 13.2 Å². The summed E-state index contributed by atoms with van der Waals surface area (Å²) in [4.78, 5) is 0. The van der Waals surface area contributed by atoms with Crippen molar-refractivity contribution in [1.29, 1.82) is 0 Å². The third kappa shape index (κ3) is 4.79. The fourth-order valence-electron chi connectivity index (χ4n) is 3.03. The molecule has 1 nitrogen and oxygen atoms in total. The van der Waals surface area contributed by atoms with E-state index in [9.17, 15) is 13.2 Å². The van der Waals surface area contributed by atoms with Gasteiger partial charge in [-0.3, -0.25) is 0 Å². The molecule has 0 aliphatic heterocycles. The summed E-state index contributed by atoms with van der Waals surface area (Å²) in [6.07, 6.45) is 2.59. The van der Waals surface area contributed by atoms with Gasteiger partial charge in [0.15, 0.2) is 0 Å². The van der Waals surface area contributed by atoms with Gasteiger partial charge >= 0.3 is 6.18 Å². The van der Waals surface area contributed by atoms with Gasteiger partial charge in [-0.15, -0.1) is 0 Å². The van der Waals surface area contributed by atoms with Crippen LogP contribution in [-0.2, 0) is 0 Å². The Labute approximate surface area is 109 Å². The SMILES string of the molecule is CCCC(CCC)NC1CCCCC1C(F)(F)F. The Bertz CT molecular complexity index is 222. The maximum absolute atomic E-state index is 13.0. The van der Waals surface area contributed by atoms with E-state index in [4.69, 9.17) is 0 Å². The molecule has 2 unspecified atom stereocenters. The molecule has 1 fully saturated rings. The van der Waals surface area contributed by atoms with Crippen LogP contribution >= 0.6 is 0 Å². The van der Waals surface area contributed by atoms with Crippen molar-refractivity contribution in [2.24, 2.45) is 5.92 Å². The van der Waals surface area contributed by atoms with Crippen molar-refractivity contribution in [2.75, 3.05) is 0 Å². The van der Waals surface area contributed by atoms with E-state index in [-0.39, 0.29) is 12.1 Å². The highest BCUT2D eigenvalue weighted by Gasteiger charge is 2.45. The Hall–Kier alpha value is -0.250. The summed E-state index contributed by atoms with van der Waals surface area (Å²) in [5, 5.41) is 3.29. The third-order valence-electron chi connectivity index (χ3n) is 3.91. The lowest BCUT2D eigenvalue weighted by Gasteiger charge is -2.36. The maximum atomic E-state index is 13.0. The first-order valence-electron chi connectivity index (χ1n) is 7.31. The molecule has 108 valence electrons. The Morgan fingerprint density at radius 3 is 2.11 bits per heavy atom. The number of rotatable bonds is 6. The number of hydrogen-bond acceptors (Lipinski definition) is 1. The van der Waals surface area contributed by atoms with Gasteiger partial charge in [0.25, 0.3) is 0 Å². The molecule has 4 heteroatoms. The standard InChI is InChI=1S/C14H26F3N/c1-3-7-11(8-4-2)18-13-10-6-5-9-12(13)14(15,16)17/h11-13,18H,3-10H2,1-2H3. The molecule has 1 saturated carbocycles. The molecule has 2 atom stereocenters. The summed E-state index contributed by atoms with van der Waals surface area (Å²) >= 11 is 0. The Kier molecular flexibility index (Phi) is 6.47. The molecule has 0 bridgehead atoms. The fourth-order valence-corrected chi connectivity index (χ4v) is 3.03. The van der Waals surface area contributed by atoms with Crippen LogP contribution in [0.2, 0.25) is 0 Å². The van der Waals surface area contributed by atoms with Crippen molar-refractivity contribution >= 4 is 0 Å². The molecule has 0 heterocycles. The molecule has 0 saturated heterocycles. The highest BCUT2D eigenvalue weighted by atomic mass is 19.4. The topological polar surface area (TPSA) is 12.0 Å². The zero-order chi connectivity index (χ0) is 13.6. The predicted molar refractivity (Wildman–Crippen MR) is 68.5 cm³/mol.